The van der Waals surface area contributed by atoms with Gasteiger partial charge in [-0.25, -0.2) is 4.98 Å². The second-order valence-corrected chi connectivity index (χ2v) is 8.56. The molecule has 2 aromatic rings. The van der Waals surface area contributed by atoms with Crippen LogP contribution >= 0.6 is 11.3 Å². The molecule has 9 heteroatoms. The zero-order valence-corrected chi connectivity index (χ0v) is 18.6. The molecule has 1 atom stereocenters. The predicted molar refractivity (Wildman–Crippen MR) is 120 cm³/mol. The van der Waals surface area contributed by atoms with Gasteiger partial charge in [-0.05, 0) is 24.5 Å². The van der Waals surface area contributed by atoms with Crippen molar-refractivity contribution in [2.45, 2.75) is 26.3 Å². The Bertz CT molecular complexity index is 929. The monoisotopic (exact) mass is 441 g/mol. The SMILES string of the molecule is CC(C)C[C@@H](NC(=O)c1ccc(-c2csc(N3CCOCC3)n2)cc1)C(=O)NCC#N. The van der Waals surface area contributed by atoms with Crippen LogP contribution in [0.3, 0.4) is 0 Å². The molecule has 0 unspecified atom stereocenters. The third kappa shape index (κ3) is 6.26. The van der Waals surface area contributed by atoms with E-state index in [-0.39, 0.29) is 24.3 Å². The van der Waals surface area contributed by atoms with Gasteiger partial charge in [-0.1, -0.05) is 26.0 Å². The van der Waals surface area contributed by atoms with Gasteiger partial charge in [0.1, 0.15) is 12.6 Å². The molecule has 1 aromatic carbocycles. The zero-order chi connectivity index (χ0) is 22.2. The van der Waals surface area contributed by atoms with E-state index in [1.54, 1.807) is 23.5 Å². The molecule has 2 heterocycles. The third-order valence-corrected chi connectivity index (χ3v) is 5.79. The Balaban J connectivity index is 1.65. The van der Waals surface area contributed by atoms with E-state index in [1.165, 1.54) is 0 Å². The number of carbonyl (C=O) groups excluding carboxylic acids is 2. The minimum atomic E-state index is -0.685. The van der Waals surface area contributed by atoms with Gasteiger partial charge >= 0.3 is 0 Å². The van der Waals surface area contributed by atoms with Crippen molar-refractivity contribution < 1.29 is 14.3 Å². The molecule has 3 rings (SSSR count). The largest absolute Gasteiger partial charge is 0.378 e. The first-order valence-corrected chi connectivity index (χ1v) is 11.2. The summed E-state index contributed by atoms with van der Waals surface area (Å²) in [6.07, 6.45) is 0.490. The zero-order valence-electron chi connectivity index (χ0n) is 17.8. The molecule has 2 N–H and O–H groups in total. The number of thiazole rings is 1. The van der Waals surface area contributed by atoms with Crippen molar-refractivity contribution in [1.82, 2.24) is 15.6 Å². The van der Waals surface area contributed by atoms with Gasteiger partial charge in [0.05, 0.1) is 25.0 Å². The number of nitrogens with zero attached hydrogens (tertiary/aromatic N) is 3. The van der Waals surface area contributed by atoms with E-state index in [2.05, 4.69) is 15.5 Å². The van der Waals surface area contributed by atoms with Gasteiger partial charge in [0.2, 0.25) is 5.91 Å². The van der Waals surface area contributed by atoms with E-state index < -0.39 is 6.04 Å². The highest BCUT2D eigenvalue weighted by molar-refractivity contribution is 7.14. The first kappa shape index (κ1) is 22.7. The fourth-order valence-electron chi connectivity index (χ4n) is 3.28. The van der Waals surface area contributed by atoms with E-state index in [0.717, 1.165) is 29.5 Å². The average Bonchev–Trinajstić information content (AvgIpc) is 3.27. The van der Waals surface area contributed by atoms with E-state index in [1.807, 2.05) is 37.4 Å². The molecule has 164 valence electrons. The molecule has 0 spiro atoms. The number of nitriles is 1. The van der Waals surface area contributed by atoms with Crippen LogP contribution < -0.4 is 15.5 Å². The summed E-state index contributed by atoms with van der Waals surface area (Å²) in [4.78, 5) is 31.9. The molecule has 1 aromatic heterocycles. The molecule has 1 aliphatic rings. The Morgan fingerprint density at radius 1 is 1.26 bits per heavy atom. The van der Waals surface area contributed by atoms with Crippen molar-refractivity contribution in [3.8, 4) is 17.3 Å². The van der Waals surface area contributed by atoms with Crippen LogP contribution in [0.25, 0.3) is 11.3 Å². The molecule has 0 radical (unpaired) electrons. The fourth-order valence-corrected chi connectivity index (χ4v) is 4.17. The lowest BCUT2D eigenvalue weighted by Gasteiger charge is -2.26. The number of aromatic nitrogens is 1. The molecule has 2 amide bonds. The lowest BCUT2D eigenvalue weighted by Crippen LogP contribution is -2.47. The van der Waals surface area contributed by atoms with E-state index >= 15 is 0 Å². The lowest BCUT2D eigenvalue weighted by molar-refractivity contribution is -0.123. The highest BCUT2D eigenvalue weighted by Gasteiger charge is 2.22. The second-order valence-electron chi connectivity index (χ2n) is 7.72. The number of anilines is 1. The van der Waals surface area contributed by atoms with Gasteiger partial charge in [-0.15, -0.1) is 11.3 Å². The summed E-state index contributed by atoms with van der Waals surface area (Å²) in [6.45, 7) is 6.97. The van der Waals surface area contributed by atoms with Crippen LogP contribution in [-0.4, -0.2) is 55.7 Å². The van der Waals surface area contributed by atoms with Crippen LogP contribution in [0.1, 0.15) is 30.6 Å². The van der Waals surface area contributed by atoms with Crippen molar-refractivity contribution >= 4 is 28.3 Å². The van der Waals surface area contributed by atoms with Crippen molar-refractivity contribution in [2.24, 2.45) is 5.92 Å². The summed E-state index contributed by atoms with van der Waals surface area (Å²) in [7, 11) is 0. The number of rotatable bonds is 8. The molecule has 0 bridgehead atoms. The fraction of sp³-hybridized carbons (Fsp3) is 0.455. The maximum Gasteiger partial charge on any atom is 0.251 e. The van der Waals surface area contributed by atoms with Gasteiger partial charge < -0.3 is 20.3 Å². The van der Waals surface area contributed by atoms with Gasteiger partial charge in [-0.2, -0.15) is 5.26 Å². The molecular formula is C22H27N5O3S. The first-order chi connectivity index (χ1) is 15.0. The van der Waals surface area contributed by atoms with Crippen molar-refractivity contribution in [3.05, 3.63) is 35.2 Å². The van der Waals surface area contributed by atoms with Crippen LogP contribution in [0, 0.1) is 17.2 Å². The summed E-state index contributed by atoms with van der Waals surface area (Å²) < 4.78 is 5.39. The van der Waals surface area contributed by atoms with E-state index in [9.17, 15) is 9.59 Å². The summed E-state index contributed by atoms with van der Waals surface area (Å²) in [5.41, 5.74) is 2.26. The summed E-state index contributed by atoms with van der Waals surface area (Å²) in [5, 5.41) is 17.0. The lowest BCUT2D eigenvalue weighted by atomic mass is 10.0. The van der Waals surface area contributed by atoms with Crippen LogP contribution in [0.5, 0.6) is 0 Å². The molecular weight excluding hydrogens is 414 g/mol. The number of benzene rings is 1. The second kappa shape index (κ2) is 10.9. The van der Waals surface area contributed by atoms with Gasteiger partial charge in [0.25, 0.3) is 5.91 Å². The highest BCUT2D eigenvalue weighted by Crippen LogP contribution is 2.28. The van der Waals surface area contributed by atoms with Crippen molar-refractivity contribution in [3.63, 3.8) is 0 Å². The van der Waals surface area contributed by atoms with Gasteiger partial charge in [0.15, 0.2) is 5.13 Å². The predicted octanol–water partition coefficient (Wildman–Crippen LogP) is 2.43. The number of ether oxygens (including phenoxy) is 1. The van der Waals surface area contributed by atoms with Crippen LogP contribution in [0.4, 0.5) is 5.13 Å². The molecule has 31 heavy (non-hydrogen) atoms. The Hall–Kier alpha value is -2.96. The topological polar surface area (TPSA) is 107 Å². The number of nitrogens with one attached hydrogen (secondary N) is 2. The molecule has 1 saturated heterocycles. The molecule has 8 nitrogen and oxygen atoms in total. The maximum atomic E-state index is 12.7. The maximum absolute atomic E-state index is 12.7. The Kier molecular flexibility index (Phi) is 7.98. The number of hydrogen-bond acceptors (Lipinski definition) is 7. The van der Waals surface area contributed by atoms with E-state index in [0.29, 0.717) is 25.2 Å². The molecule has 1 fully saturated rings. The van der Waals surface area contributed by atoms with Crippen LogP contribution in [-0.2, 0) is 9.53 Å². The normalized spacial score (nSPS) is 14.7. The average molecular weight is 442 g/mol. The standard InChI is InChI=1S/C22H27N5O3S/c1-15(2)13-18(21(29)24-8-7-23)25-20(28)17-5-3-16(4-6-17)19-14-31-22(26-19)27-9-11-30-12-10-27/h3-6,14-15,18H,8-13H2,1-2H3,(H,24,29)(H,25,28)/t18-/m1/s1. The van der Waals surface area contributed by atoms with Gasteiger partial charge in [-0.3, -0.25) is 9.59 Å². The minimum absolute atomic E-state index is 0.0852. The Morgan fingerprint density at radius 3 is 2.61 bits per heavy atom. The van der Waals surface area contributed by atoms with Crippen molar-refractivity contribution in [1.29, 1.82) is 5.26 Å². The summed E-state index contributed by atoms with van der Waals surface area (Å²) in [6, 6.07) is 8.38. The van der Waals surface area contributed by atoms with E-state index in [4.69, 9.17) is 15.0 Å². The van der Waals surface area contributed by atoms with Crippen LogP contribution in [0.2, 0.25) is 0 Å². The van der Waals surface area contributed by atoms with Crippen LogP contribution in [0.15, 0.2) is 29.6 Å². The molecule has 0 aliphatic carbocycles. The Morgan fingerprint density at radius 2 is 1.97 bits per heavy atom. The van der Waals surface area contributed by atoms with Gasteiger partial charge in [0, 0.05) is 29.6 Å². The first-order valence-electron chi connectivity index (χ1n) is 10.3. The third-order valence-electron chi connectivity index (χ3n) is 4.89. The summed E-state index contributed by atoms with van der Waals surface area (Å²) in [5.74, 6) is -0.458. The minimum Gasteiger partial charge on any atom is -0.378 e. The molecule has 1 aliphatic heterocycles. The quantitative estimate of drug-likeness (QED) is 0.609. The number of amides is 2. The molecule has 0 saturated carbocycles. The summed E-state index contributed by atoms with van der Waals surface area (Å²) >= 11 is 1.60. The number of morpholine rings is 1. The number of carbonyl (C=O) groups is 2. The smallest absolute Gasteiger partial charge is 0.251 e. The Labute approximate surface area is 186 Å². The highest BCUT2D eigenvalue weighted by atomic mass is 32.1. The van der Waals surface area contributed by atoms with Crippen molar-refractivity contribution in [2.75, 3.05) is 37.7 Å². The number of hydrogen-bond donors (Lipinski definition) is 2.